The fraction of sp³-hybridized carbons (Fsp3) is 0.265. The Morgan fingerprint density at radius 3 is 2.48 bits per heavy atom. The van der Waals surface area contributed by atoms with E-state index in [1.165, 1.54) is 11.3 Å². The summed E-state index contributed by atoms with van der Waals surface area (Å²) in [6.07, 6.45) is 13.7. The number of fused-ring (bicyclic) bond motifs is 1. The Kier molecular flexibility index (Phi) is 7.37. The van der Waals surface area contributed by atoms with Crippen molar-refractivity contribution in [3.63, 3.8) is 0 Å². The maximum atomic E-state index is 7.28. The van der Waals surface area contributed by atoms with Crippen LogP contribution < -0.4 is 20.8 Å². The molecule has 0 bridgehead atoms. The Morgan fingerprint density at radius 1 is 1.10 bits per heavy atom. The molecule has 0 spiro atoms. The number of pyridine rings is 1. The van der Waals surface area contributed by atoms with E-state index in [9.17, 15) is 0 Å². The van der Waals surface area contributed by atoms with Crippen LogP contribution in [0.2, 0.25) is 5.02 Å². The van der Waals surface area contributed by atoms with Crippen LogP contribution in [-0.2, 0) is 18.9 Å². The van der Waals surface area contributed by atoms with Crippen molar-refractivity contribution < 1.29 is 0 Å². The van der Waals surface area contributed by atoms with E-state index in [0.29, 0.717) is 6.42 Å². The maximum absolute atomic E-state index is 7.28. The lowest BCUT2D eigenvalue weighted by Gasteiger charge is -2.38. The van der Waals surface area contributed by atoms with Crippen LogP contribution in [0.3, 0.4) is 0 Å². The highest BCUT2D eigenvalue weighted by molar-refractivity contribution is 6.31. The molecule has 5 aromatic rings. The van der Waals surface area contributed by atoms with Crippen LogP contribution in [0.15, 0.2) is 79.5 Å². The predicted molar refractivity (Wildman–Crippen MR) is 172 cm³/mol. The summed E-state index contributed by atoms with van der Waals surface area (Å²) in [6.45, 7) is 2.32. The number of imidazole rings is 1. The van der Waals surface area contributed by atoms with Crippen LogP contribution in [0.5, 0.6) is 0 Å². The molecule has 0 saturated heterocycles. The Hall–Kier alpha value is -4.36. The fourth-order valence-electron chi connectivity index (χ4n) is 6.13. The van der Waals surface area contributed by atoms with E-state index < -0.39 is 0 Å². The molecule has 8 heteroatoms. The van der Waals surface area contributed by atoms with Crippen LogP contribution >= 0.6 is 11.6 Å². The number of halogens is 1. The molecule has 3 aromatic heterocycles. The zero-order valence-corrected chi connectivity index (χ0v) is 25.5. The van der Waals surface area contributed by atoms with Gasteiger partial charge in [0, 0.05) is 80.8 Å². The van der Waals surface area contributed by atoms with Crippen molar-refractivity contribution >= 4 is 35.3 Å². The monoisotopic (exact) mass is 577 g/mol. The number of hydrogen-bond donors (Lipinski definition) is 1. The highest BCUT2D eigenvalue weighted by Crippen LogP contribution is 2.42. The molecule has 214 valence electrons. The first-order valence-electron chi connectivity index (χ1n) is 14.2. The van der Waals surface area contributed by atoms with Crippen molar-refractivity contribution in [3.8, 4) is 5.69 Å². The van der Waals surface area contributed by atoms with Gasteiger partial charge in [-0.3, -0.25) is 0 Å². The zero-order valence-electron chi connectivity index (χ0n) is 24.7. The highest BCUT2D eigenvalue weighted by atomic mass is 35.5. The first-order chi connectivity index (χ1) is 20.3. The average Bonchev–Trinajstić information content (AvgIpc) is 3.71. The van der Waals surface area contributed by atoms with Crippen LogP contribution in [0.25, 0.3) is 17.8 Å². The van der Waals surface area contributed by atoms with E-state index in [4.69, 9.17) is 16.6 Å². The molecular weight excluding hydrogens is 542 g/mol. The van der Waals surface area contributed by atoms with E-state index in [1.54, 1.807) is 6.20 Å². The average molecular weight is 578 g/mol. The second-order valence-corrected chi connectivity index (χ2v) is 11.7. The van der Waals surface area contributed by atoms with E-state index in [2.05, 4.69) is 114 Å². The number of hydrogen-bond acceptors (Lipinski definition) is 5. The summed E-state index contributed by atoms with van der Waals surface area (Å²) >= 11 is 7.28. The van der Waals surface area contributed by atoms with Gasteiger partial charge in [-0.25, -0.2) is 14.6 Å². The first-order valence-corrected chi connectivity index (χ1v) is 14.6. The van der Waals surface area contributed by atoms with E-state index in [-0.39, 0.29) is 11.3 Å². The summed E-state index contributed by atoms with van der Waals surface area (Å²) in [5.74, 6) is 0.957. The molecule has 1 N–H and O–H groups in total. The van der Waals surface area contributed by atoms with Crippen molar-refractivity contribution in [2.45, 2.75) is 25.2 Å². The van der Waals surface area contributed by atoms with Gasteiger partial charge in [-0.05, 0) is 60.7 Å². The van der Waals surface area contributed by atoms with Gasteiger partial charge >= 0.3 is 0 Å². The van der Waals surface area contributed by atoms with Gasteiger partial charge in [-0.1, -0.05) is 48.0 Å². The number of anilines is 2. The predicted octanol–water partition coefficient (Wildman–Crippen LogP) is 4.94. The first kappa shape index (κ1) is 27.8. The molecule has 1 aliphatic rings. The lowest BCUT2D eigenvalue weighted by atomic mass is 9.67. The molecule has 1 aliphatic carbocycles. The largest absolute Gasteiger partial charge is 0.378 e. The van der Waals surface area contributed by atoms with E-state index in [0.717, 1.165) is 50.3 Å². The van der Waals surface area contributed by atoms with Gasteiger partial charge in [0.1, 0.15) is 5.82 Å². The number of aromatic nitrogens is 5. The molecule has 0 fully saturated rings. The SMILES string of the molecule is CNc1nc2c(c(Cl)c1Cc1ccc(-n3cccn3)cc1)=CC(C(C)(c1ccc(N(C)C)cc1)c1cncn1C)CC=2. The quantitative estimate of drug-likeness (QED) is 0.283. The molecule has 0 radical (unpaired) electrons. The standard InChI is InChI=1S/C34H36ClN7/c1-34(31-21-37-22-41(31)5,24-9-14-26(15-10-24)40(3)4)25-11-16-30-28(20-25)32(35)29(33(36-2)39-30)19-23-7-12-27(13-8-23)42-18-6-17-38-42/h6-10,12-18,20-22,25H,11,19H2,1-5H3,(H,36,39). The number of nitrogens with one attached hydrogen (secondary N) is 1. The molecule has 2 unspecified atom stereocenters. The molecule has 0 saturated carbocycles. The van der Waals surface area contributed by atoms with Crippen LogP contribution in [-0.4, -0.2) is 45.5 Å². The second kappa shape index (κ2) is 11.1. The third-order valence-corrected chi connectivity index (χ3v) is 9.06. The van der Waals surface area contributed by atoms with Crippen LogP contribution in [0.4, 0.5) is 11.5 Å². The molecule has 0 aliphatic heterocycles. The minimum atomic E-state index is -0.336. The second-order valence-electron chi connectivity index (χ2n) is 11.3. The third kappa shape index (κ3) is 4.88. The molecule has 42 heavy (non-hydrogen) atoms. The number of aryl methyl sites for hydroxylation is 1. The van der Waals surface area contributed by atoms with Crippen molar-refractivity contribution in [2.75, 3.05) is 31.4 Å². The summed E-state index contributed by atoms with van der Waals surface area (Å²) < 4.78 is 3.99. The summed E-state index contributed by atoms with van der Waals surface area (Å²) in [4.78, 5) is 11.7. The smallest absolute Gasteiger partial charge is 0.131 e. The molecule has 3 heterocycles. The van der Waals surface area contributed by atoms with Gasteiger partial charge in [-0.15, -0.1) is 0 Å². The van der Waals surface area contributed by atoms with E-state index in [1.807, 2.05) is 36.5 Å². The molecule has 0 amide bonds. The van der Waals surface area contributed by atoms with E-state index >= 15 is 0 Å². The summed E-state index contributed by atoms with van der Waals surface area (Å²) in [5.41, 5.74) is 6.40. The maximum Gasteiger partial charge on any atom is 0.131 e. The van der Waals surface area contributed by atoms with Gasteiger partial charge in [0.25, 0.3) is 0 Å². The minimum Gasteiger partial charge on any atom is -0.378 e. The minimum absolute atomic E-state index is 0.145. The van der Waals surface area contributed by atoms with Crippen LogP contribution in [0.1, 0.15) is 35.7 Å². The van der Waals surface area contributed by atoms with Gasteiger partial charge < -0.3 is 14.8 Å². The van der Waals surface area contributed by atoms with Gasteiger partial charge in [0.05, 0.1) is 22.4 Å². The highest BCUT2D eigenvalue weighted by Gasteiger charge is 2.39. The third-order valence-electron chi connectivity index (χ3n) is 8.63. The van der Waals surface area contributed by atoms with Crippen molar-refractivity contribution in [2.24, 2.45) is 13.0 Å². The molecular formula is C34H36ClN7. The van der Waals surface area contributed by atoms with Crippen molar-refractivity contribution in [1.82, 2.24) is 24.3 Å². The number of benzene rings is 2. The van der Waals surface area contributed by atoms with Crippen molar-refractivity contribution in [3.05, 3.63) is 117 Å². The summed E-state index contributed by atoms with van der Waals surface area (Å²) in [5, 5.41) is 10.3. The summed E-state index contributed by atoms with van der Waals surface area (Å²) in [7, 11) is 8.10. The Balaban J connectivity index is 1.43. The topological polar surface area (TPSA) is 63.8 Å². The van der Waals surface area contributed by atoms with Gasteiger partial charge in [-0.2, -0.15) is 5.10 Å². The van der Waals surface area contributed by atoms with Crippen LogP contribution in [0, 0.1) is 5.92 Å². The normalized spacial score (nSPS) is 15.7. The summed E-state index contributed by atoms with van der Waals surface area (Å²) in [6, 6.07) is 19.2. The fourth-order valence-corrected chi connectivity index (χ4v) is 6.44. The lowest BCUT2D eigenvalue weighted by Crippen LogP contribution is -2.41. The Bertz CT molecular complexity index is 1820. The van der Waals surface area contributed by atoms with Gasteiger partial charge in [0.15, 0.2) is 0 Å². The van der Waals surface area contributed by atoms with Gasteiger partial charge in [0.2, 0.25) is 0 Å². The molecule has 7 nitrogen and oxygen atoms in total. The number of nitrogens with zero attached hydrogens (tertiary/aromatic N) is 6. The molecule has 2 aromatic carbocycles. The lowest BCUT2D eigenvalue weighted by molar-refractivity contribution is 0.419. The number of rotatable bonds is 8. The Morgan fingerprint density at radius 2 is 1.86 bits per heavy atom. The molecule has 2 atom stereocenters. The Labute approximate surface area is 251 Å². The van der Waals surface area contributed by atoms with Crippen molar-refractivity contribution in [1.29, 1.82) is 0 Å². The zero-order chi connectivity index (χ0) is 29.4. The molecule has 6 rings (SSSR count).